The third-order valence-electron chi connectivity index (χ3n) is 3.15. The van der Waals surface area contributed by atoms with Crippen LogP contribution in [-0.2, 0) is 4.79 Å². The van der Waals surface area contributed by atoms with E-state index in [1.54, 1.807) is 11.3 Å². The van der Waals surface area contributed by atoms with Crippen LogP contribution in [0.1, 0.15) is 10.9 Å². The molecule has 0 aliphatic carbocycles. The largest absolute Gasteiger partial charge is 0.484 e. The lowest BCUT2D eigenvalue weighted by Crippen LogP contribution is -2.36. The average Bonchev–Trinajstić information content (AvgIpc) is 2.99. The first-order chi connectivity index (χ1) is 10.6. The number of nitrogens with zero attached hydrogens (tertiary/aromatic N) is 1. The van der Waals surface area contributed by atoms with Gasteiger partial charge in [0.05, 0.1) is 6.04 Å². The molecular weight excluding hydrogens is 364 g/mol. The van der Waals surface area contributed by atoms with Gasteiger partial charge in [0.25, 0.3) is 5.91 Å². The van der Waals surface area contributed by atoms with Gasteiger partial charge in [-0.15, -0.1) is 11.3 Å². The van der Waals surface area contributed by atoms with Crippen molar-refractivity contribution in [1.82, 2.24) is 10.2 Å². The number of rotatable bonds is 7. The number of hydrogen-bond donors (Lipinski definition) is 1. The van der Waals surface area contributed by atoms with E-state index in [4.69, 9.17) is 4.74 Å². The molecule has 0 spiro atoms. The molecule has 2 rings (SSSR count). The maximum absolute atomic E-state index is 11.9. The molecule has 4 nitrogen and oxygen atoms in total. The average molecular weight is 383 g/mol. The maximum atomic E-state index is 11.9. The fraction of sp³-hybridized carbons (Fsp3) is 0.312. The number of halogens is 1. The zero-order valence-electron chi connectivity index (χ0n) is 12.6. The lowest BCUT2D eigenvalue weighted by molar-refractivity contribution is -0.123. The SMILES string of the molecule is CN(C)[C@H](CNC(=O)COc1cccc(Br)c1)c1cccs1. The second-order valence-corrected chi connectivity index (χ2v) is 6.94. The molecule has 1 heterocycles. The molecule has 1 aromatic heterocycles. The zero-order chi connectivity index (χ0) is 15.9. The summed E-state index contributed by atoms with van der Waals surface area (Å²) in [5.41, 5.74) is 0. The summed E-state index contributed by atoms with van der Waals surface area (Å²) >= 11 is 5.07. The second-order valence-electron chi connectivity index (χ2n) is 5.04. The van der Waals surface area contributed by atoms with Crippen molar-refractivity contribution in [3.8, 4) is 5.75 Å². The topological polar surface area (TPSA) is 41.6 Å². The van der Waals surface area contributed by atoms with E-state index in [0.29, 0.717) is 12.3 Å². The van der Waals surface area contributed by atoms with Gasteiger partial charge in [0.2, 0.25) is 0 Å². The third-order valence-corrected chi connectivity index (χ3v) is 4.62. The van der Waals surface area contributed by atoms with Gasteiger partial charge < -0.3 is 15.0 Å². The Hall–Kier alpha value is -1.37. The molecule has 0 saturated carbocycles. The molecule has 1 amide bonds. The smallest absolute Gasteiger partial charge is 0.258 e. The van der Waals surface area contributed by atoms with Gasteiger partial charge in [0.15, 0.2) is 6.61 Å². The van der Waals surface area contributed by atoms with Crippen LogP contribution in [0.2, 0.25) is 0 Å². The fourth-order valence-corrected chi connectivity index (χ4v) is 3.29. The third kappa shape index (κ3) is 5.12. The summed E-state index contributed by atoms with van der Waals surface area (Å²) in [6.45, 7) is 0.579. The van der Waals surface area contributed by atoms with Crippen molar-refractivity contribution in [3.05, 3.63) is 51.1 Å². The van der Waals surface area contributed by atoms with E-state index in [2.05, 4.69) is 32.2 Å². The lowest BCUT2D eigenvalue weighted by Gasteiger charge is -2.23. The molecule has 0 unspecified atom stereocenters. The molecule has 0 fully saturated rings. The highest BCUT2D eigenvalue weighted by Gasteiger charge is 2.16. The van der Waals surface area contributed by atoms with Crippen molar-refractivity contribution in [2.75, 3.05) is 27.2 Å². The molecule has 2 aromatic rings. The van der Waals surface area contributed by atoms with Crippen molar-refractivity contribution in [3.63, 3.8) is 0 Å². The van der Waals surface area contributed by atoms with Crippen LogP contribution in [-0.4, -0.2) is 38.1 Å². The summed E-state index contributed by atoms with van der Waals surface area (Å²) < 4.78 is 6.41. The van der Waals surface area contributed by atoms with E-state index >= 15 is 0 Å². The lowest BCUT2D eigenvalue weighted by atomic mass is 10.2. The molecule has 0 bridgehead atoms. The molecule has 1 atom stereocenters. The van der Waals surface area contributed by atoms with Crippen LogP contribution in [0, 0.1) is 0 Å². The Morgan fingerprint density at radius 2 is 2.18 bits per heavy atom. The number of thiophene rings is 1. The molecule has 118 valence electrons. The van der Waals surface area contributed by atoms with Gasteiger partial charge >= 0.3 is 0 Å². The highest BCUT2D eigenvalue weighted by molar-refractivity contribution is 9.10. The standard InChI is InChI=1S/C16H19BrN2O2S/c1-19(2)14(15-7-4-8-22-15)10-18-16(20)11-21-13-6-3-5-12(17)9-13/h3-9,14H,10-11H2,1-2H3,(H,18,20)/t14-/m1/s1. The number of hydrogen-bond acceptors (Lipinski definition) is 4. The number of benzene rings is 1. The molecule has 0 radical (unpaired) electrons. The Morgan fingerprint density at radius 1 is 1.36 bits per heavy atom. The van der Waals surface area contributed by atoms with Crippen molar-refractivity contribution >= 4 is 33.2 Å². The number of nitrogens with one attached hydrogen (secondary N) is 1. The van der Waals surface area contributed by atoms with E-state index in [9.17, 15) is 4.79 Å². The first-order valence-electron chi connectivity index (χ1n) is 6.91. The van der Waals surface area contributed by atoms with E-state index in [1.165, 1.54) is 4.88 Å². The summed E-state index contributed by atoms with van der Waals surface area (Å²) in [5, 5.41) is 4.97. The van der Waals surface area contributed by atoms with Gasteiger partial charge in [-0.3, -0.25) is 4.79 Å². The number of ether oxygens (including phenoxy) is 1. The van der Waals surface area contributed by atoms with Crippen LogP contribution in [0.15, 0.2) is 46.3 Å². The van der Waals surface area contributed by atoms with Crippen LogP contribution >= 0.6 is 27.3 Å². The molecule has 0 aliphatic heterocycles. The van der Waals surface area contributed by atoms with Gasteiger partial charge in [-0.1, -0.05) is 28.1 Å². The van der Waals surface area contributed by atoms with E-state index in [1.807, 2.05) is 49.8 Å². The van der Waals surface area contributed by atoms with Crippen LogP contribution < -0.4 is 10.1 Å². The predicted molar refractivity (Wildman–Crippen MR) is 93.4 cm³/mol. The van der Waals surface area contributed by atoms with Crippen molar-refractivity contribution < 1.29 is 9.53 Å². The molecule has 22 heavy (non-hydrogen) atoms. The first kappa shape index (κ1) is 17.0. The highest BCUT2D eigenvalue weighted by Crippen LogP contribution is 2.22. The zero-order valence-corrected chi connectivity index (χ0v) is 15.0. The quantitative estimate of drug-likeness (QED) is 0.798. The Labute approximate surface area is 143 Å². The molecule has 6 heteroatoms. The number of likely N-dealkylation sites (N-methyl/N-ethyl adjacent to an activating group) is 1. The van der Waals surface area contributed by atoms with Gasteiger partial charge in [-0.05, 0) is 43.7 Å². The normalized spacial score (nSPS) is 12.2. The molecule has 0 saturated heterocycles. The molecule has 1 aromatic carbocycles. The number of amides is 1. The number of carbonyl (C=O) groups excluding carboxylic acids is 1. The van der Waals surface area contributed by atoms with E-state index in [0.717, 1.165) is 4.47 Å². The van der Waals surface area contributed by atoms with Crippen molar-refractivity contribution in [1.29, 1.82) is 0 Å². The molecule has 0 aliphatic rings. The minimum atomic E-state index is -0.122. The van der Waals surface area contributed by atoms with Crippen LogP contribution in [0.4, 0.5) is 0 Å². The van der Waals surface area contributed by atoms with Crippen molar-refractivity contribution in [2.45, 2.75) is 6.04 Å². The first-order valence-corrected chi connectivity index (χ1v) is 8.58. The number of carbonyl (C=O) groups is 1. The summed E-state index contributed by atoms with van der Waals surface area (Å²) in [6, 6.07) is 11.7. The minimum absolute atomic E-state index is 0.0149. The Kier molecular flexibility index (Phi) is 6.42. The fourth-order valence-electron chi connectivity index (χ4n) is 1.99. The van der Waals surface area contributed by atoms with Gasteiger partial charge in [-0.2, -0.15) is 0 Å². The second kappa shape index (κ2) is 8.31. The Morgan fingerprint density at radius 3 is 2.82 bits per heavy atom. The molecular formula is C16H19BrN2O2S. The Bertz CT molecular complexity index is 602. The van der Waals surface area contributed by atoms with Gasteiger partial charge in [0, 0.05) is 15.9 Å². The summed E-state index contributed by atoms with van der Waals surface area (Å²) in [7, 11) is 4.02. The van der Waals surface area contributed by atoms with Crippen molar-refractivity contribution in [2.24, 2.45) is 0 Å². The highest BCUT2D eigenvalue weighted by atomic mass is 79.9. The summed E-state index contributed by atoms with van der Waals surface area (Å²) in [4.78, 5) is 15.3. The van der Waals surface area contributed by atoms with E-state index < -0.39 is 0 Å². The minimum Gasteiger partial charge on any atom is -0.484 e. The summed E-state index contributed by atoms with van der Waals surface area (Å²) in [5.74, 6) is 0.551. The van der Waals surface area contributed by atoms with Gasteiger partial charge in [-0.25, -0.2) is 0 Å². The monoisotopic (exact) mass is 382 g/mol. The van der Waals surface area contributed by atoms with E-state index in [-0.39, 0.29) is 18.6 Å². The van der Waals surface area contributed by atoms with Crippen LogP contribution in [0.5, 0.6) is 5.75 Å². The Balaban J connectivity index is 1.81. The predicted octanol–water partition coefficient (Wildman–Crippen LogP) is 3.31. The van der Waals surface area contributed by atoms with Crippen LogP contribution in [0.25, 0.3) is 0 Å². The molecule has 1 N–H and O–H groups in total. The van der Waals surface area contributed by atoms with Crippen LogP contribution in [0.3, 0.4) is 0 Å². The van der Waals surface area contributed by atoms with Gasteiger partial charge in [0.1, 0.15) is 5.75 Å². The maximum Gasteiger partial charge on any atom is 0.258 e. The summed E-state index contributed by atoms with van der Waals surface area (Å²) in [6.07, 6.45) is 0.